The van der Waals surface area contributed by atoms with E-state index < -0.39 is 0 Å². The lowest BCUT2D eigenvalue weighted by atomic mass is 10.1. The fraction of sp³-hybridized carbons (Fsp3) is 0.176. The molecule has 1 heterocycles. The van der Waals surface area contributed by atoms with Crippen LogP contribution in [0, 0.1) is 6.92 Å². The fourth-order valence-electron chi connectivity index (χ4n) is 2.34. The first-order valence-electron chi connectivity index (χ1n) is 6.61. The van der Waals surface area contributed by atoms with E-state index in [4.69, 9.17) is 9.47 Å². The van der Waals surface area contributed by atoms with Crippen molar-refractivity contribution >= 4 is 10.9 Å². The molecule has 3 heteroatoms. The monoisotopic (exact) mass is 267 g/mol. The normalized spacial score (nSPS) is 10.7. The van der Waals surface area contributed by atoms with Gasteiger partial charge in [0.15, 0.2) is 11.5 Å². The molecule has 3 nitrogen and oxygen atoms in total. The summed E-state index contributed by atoms with van der Waals surface area (Å²) in [6.45, 7) is 2.61. The molecule has 1 N–H and O–H groups in total. The first kappa shape index (κ1) is 12.6. The summed E-state index contributed by atoms with van der Waals surface area (Å²) < 4.78 is 11.1. The average molecular weight is 267 g/mol. The van der Waals surface area contributed by atoms with Gasteiger partial charge >= 0.3 is 0 Å². The Morgan fingerprint density at radius 1 is 1.00 bits per heavy atom. The van der Waals surface area contributed by atoms with E-state index in [1.54, 1.807) is 7.11 Å². The quantitative estimate of drug-likeness (QED) is 0.773. The first-order chi connectivity index (χ1) is 9.78. The van der Waals surface area contributed by atoms with E-state index >= 15 is 0 Å². The molecule has 1 aromatic heterocycles. The zero-order chi connectivity index (χ0) is 13.9. The van der Waals surface area contributed by atoms with Gasteiger partial charge in [0.25, 0.3) is 0 Å². The third-order valence-electron chi connectivity index (χ3n) is 3.39. The Bertz CT molecular complexity index is 731. The van der Waals surface area contributed by atoms with Crippen LogP contribution in [0.25, 0.3) is 10.9 Å². The molecule has 0 saturated carbocycles. The summed E-state index contributed by atoms with van der Waals surface area (Å²) in [5.41, 5.74) is 3.46. The molecule has 0 aliphatic carbocycles. The van der Waals surface area contributed by atoms with E-state index in [9.17, 15) is 0 Å². The number of benzene rings is 2. The second kappa shape index (κ2) is 5.29. The molecule has 0 aliphatic heterocycles. The van der Waals surface area contributed by atoms with Crippen molar-refractivity contribution < 1.29 is 9.47 Å². The van der Waals surface area contributed by atoms with Crippen LogP contribution in [-0.4, -0.2) is 12.1 Å². The van der Waals surface area contributed by atoms with E-state index in [1.165, 1.54) is 10.9 Å². The van der Waals surface area contributed by atoms with Crippen LogP contribution in [0.3, 0.4) is 0 Å². The maximum Gasteiger partial charge on any atom is 0.161 e. The molecule has 0 bridgehead atoms. The average Bonchev–Trinajstić information content (AvgIpc) is 2.90. The van der Waals surface area contributed by atoms with Crippen molar-refractivity contribution in [2.45, 2.75) is 13.5 Å². The number of rotatable bonds is 4. The van der Waals surface area contributed by atoms with Crippen LogP contribution in [0.4, 0.5) is 0 Å². The molecular formula is C17H17NO2. The lowest BCUT2D eigenvalue weighted by Crippen LogP contribution is -1.97. The first-order valence-corrected chi connectivity index (χ1v) is 6.61. The Balaban J connectivity index is 1.82. The molecule has 3 rings (SSSR count). The van der Waals surface area contributed by atoms with Gasteiger partial charge in [0, 0.05) is 10.9 Å². The fourth-order valence-corrected chi connectivity index (χ4v) is 2.34. The highest BCUT2D eigenvalue weighted by molar-refractivity contribution is 5.83. The minimum Gasteiger partial charge on any atom is -0.493 e. The summed E-state index contributed by atoms with van der Waals surface area (Å²) in [4.78, 5) is 3.38. The highest BCUT2D eigenvalue weighted by Gasteiger charge is 2.06. The molecule has 0 saturated heterocycles. The topological polar surface area (TPSA) is 34.2 Å². The maximum atomic E-state index is 5.83. The molecule has 0 amide bonds. The van der Waals surface area contributed by atoms with Crippen molar-refractivity contribution in [2.24, 2.45) is 0 Å². The number of nitrogens with one attached hydrogen (secondary N) is 1. The largest absolute Gasteiger partial charge is 0.493 e. The molecule has 0 aliphatic rings. The molecule has 0 atom stereocenters. The highest BCUT2D eigenvalue weighted by atomic mass is 16.5. The lowest BCUT2D eigenvalue weighted by Gasteiger charge is -2.09. The number of aromatic amines is 1. The predicted molar refractivity (Wildman–Crippen MR) is 80.4 cm³/mol. The van der Waals surface area contributed by atoms with Crippen LogP contribution in [0.5, 0.6) is 11.5 Å². The number of methoxy groups -OCH3 is 1. The van der Waals surface area contributed by atoms with Gasteiger partial charge in [0.05, 0.1) is 12.8 Å². The molecule has 2 aromatic carbocycles. The second-order valence-corrected chi connectivity index (χ2v) is 4.77. The number of aryl methyl sites for hydroxylation is 1. The van der Waals surface area contributed by atoms with Gasteiger partial charge in [-0.25, -0.2) is 0 Å². The number of fused-ring (bicyclic) bond motifs is 1. The Labute approximate surface area is 118 Å². The smallest absolute Gasteiger partial charge is 0.161 e. The van der Waals surface area contributed by atoms with Gasteiger partial charge in [-0.3, -0.25) is 0 Å². The van der Waals surface area contributed by atoms with Crippen LogP contribution in [0.15, 0.2) is 48.5 Å². The minimum absolute atomic E-state index is 0.495. The standard InChI is InChI=1S/C17H17NO2/c1-12-6-5-7-15-14(12)10-13(18-15)11-20-17-9-4-3-8-16(17)19-2/h3-10,18H,11H2,1-2H3. The number of aromatic nitrogens is 1. The third-order valence-corrected chi connectivity index (χ3v) is 3.39. The van der Waals surface area contributed by atoms with Crippen molar-refractivity contribution in [3.8, 4) is 11.5 Å². The van der Waals surface area contributed by atoms with E-state index in [0.29, 0.717) is 6.61 Å². The molecule has 102 valence electrons. The van der Waals surface area contributed by atoms with Crippen molar-refractivity contribution in [1.29, 1.82) is 0 Å². The summed E-state index contributed by atoms with van der Waals surface area (Å²) in [6.07, 6.45) is 0. The highest BCUT2D eigenvalue weighted by Crippen LogP contribution is 2.27. The zero-order valence-corrected chi connectivity index (χ0v) is 11.6. The third kappa shape index (κ3) is 2.35. The molecule has 0 unspecified atom stereocenters. The van der Waals surface area contributed by atoms with Crippen molar-refractivity contribution in [1.82, 2.24) is 4.98 Å². The predicted octanol–water partition coefficient (Wildman–Crippen LogP) is 4.06. The summed E-state index contributed by atoms with van der Waals surface area (Å²) in [5, 5.41) is 1.24. The Hall–Kier alpha value is -2.42. The van der Waals surface area contributed by atoms with Gasteiger partial charge in [-0.15, -0.1) is 0 Å². The van der Waals surface area contributed by atoms with Crippen LogP contribution < -0.4 is 9.47 Å². The van der Waals surface area contributed by atoms with Crippen molar-refractivity contribution in [3.63, 3.8) is 0 Å². The summed E-state index contributed by atoms with van der Waals surface area (Å²) in [7, 11) is 1.65. The lowest BCUT2D eigenvalue weighted by molar-refractivity contribution is 0.281. The van der Waals surface area contributed by atoms with E-state index in [-0.39, 0.29) is 0 Å². The van der Waals surface area contributed by atoms with Gasteiger partial charge in [-0.05, 0) is 36.8 Å². The molecule has 3 aromatic rings. The SMILES string of the molecule is COc1ccccc1OCc1cc2c(C)cccc2[nH]1. The van der Waals surface area contributed by atoms with Crippen LogP contribution in [-0.2, 0) is 6.61 Å². The number of hydrogen-bond acceptors (Lipinski definition) is 2. The maximum absolute atomic E-state index is 5.83. The molecule has 0 spiro atoms. The number of para-hydroxylation sites is 2. The molecule has 20 heavy (non-hydrogen) atoms. The minimum atomic E-state index is 0.495. The summed E-state index contributed by atoms with van der Waals surface area (Å²) >= 11 is 0. The molecule has 0 fully saturated rings. The van der Waals surface area contributed by atoms with E-state index in [2.05, 4.69) is 36.2 Å². The number of hydrogen-bond donors (Lipinski definition) is 1. The number of H-pyrrole nitrogens is 1. The van der Waals surface area contributed by atoms with Gasteiger partial charge in [-0.2, -0.15) is 0 Å². The summed E-state index contributed by atoms with van der Waals surface area (Å²) in [6, 6.07) is 16.1. The Kier molecular flexibility index (Phi) is 3.33. The molecule has 0 radical (unpaired) electrons. The summed E-state index contributed by atoms with van der Waals surface area (Å²) in [5.74, 6) is 1.50. The van der Waals surface area contributed by atoms with Crippen LogP contribution in [0.2, 0.25) is 0 Å². The second-order valence-electron chi connectivity index (χ2n) is 4.77. The zero-order valence-electron chi connectivity index (χ0n) is 11.6. The van der Waals surface area contributed by atoms with E-state index in [0.717, 1.165) is 22.7 Å². The van der Waals surface area contributed by atoms with Gasteiger partial charge in [0.2, 0.25) is 0 Å². The van der Waals surface area contributed by atoms with E-state index in [1.807, 2.05) is 24.3 Å². The molecular weight excluding hydrogens is 250 g/mol. The van der Waals surface area contributed by atoms with Crippen molar-refractivity contribution in [3.05, 3.63) is 59.8 Å². The van der Waals surface area contributed by atoms with Gasteiger partial charge in [-0.1, -0.05) is 24.3 Å². The van der Waals surface area contributed by atoms with Gasteiger partial charge in [0.1, 0.15) is 6.61 Å². The van der Waals surface area contributed by atoms with Crippen molar-refractivity contribution in [2.75, 3.05) is 7.11 Å². The number of ether oxygens (including phenoxy) is 2. The van der Waals surface area contributed by atoms with Crippen LogP contribution >= 0.6 is 0 Å². The Morgan fingerprint density at radius 2 is 1.80 bits per heavy atom. The van der Waals surface area contributed by atoms with Gasteiger partial charge < -0.3 is 14.5 Å². The Morgan fingerprint density at radius 3 is 2.55 bits per heavy atom. The van der Waals surface area contributed by atoms with Crippen LogP contribution in [0.1, 0.15) is 11.3 Å².